The number of aliphatic carboxylic acids is 1. The van der Waals surface area contributed by atoms with Gasteiger partial charge in [-0.15, -0.1) is 11.3 Å². The normalized spacial score (nSPS) is 20.1. The van der Waals surface area contributed by atoms with Crippen molar-refractivity contribution in [2.45, 2.75) is 90.4 Å². The average Bonchev–Trinajstić information content (AvgIpc) is 3.84. The maximum Gasteiger partial charge on any atom is 0.308 e. The predicted octanol–water partition coefficient (Wildman–Crippen LogP) is 9.22. The van der Waals surface area contributed by atoms with Gasteiger partial charge in [-0.05, 0) is 84.6 Å². The number of carboxylic acids is 1. The number of aromatic nitrogens is 2. The Balaban J connectivity index is 1.13. The van der Waals surface area contributed by atoms with E-state index >= 15 is 0 Å². The van der Waals surface area contributed by atoms with E-state index < -0.39 is 17.8 Å². The summed E-state index contributed by atoms with van der Waals surface area (Å²) in [5, 5.41) is 9.51. The van der Waals surface area contributed by atoms with E-state index in [1.165, 1.54) is 49.0 Å². The number of hydrogen-bond donors (Lipinski definition) is 1. The summed E-state index contributed by atoms with van der Waals surface area (Å²) in [4.78, 5) is 51.6. The lowest BCUT2D eigenvalue weighted by molar-refractivity contribution is -0.141. The zero-order valence-corrected chi connectivity index (χ0v) is 30.5. The van der Waals surface area contributed by atoms with Crippen LogP contribution in [-0.4, -0.2) is 50.7 Å². The minimum Gasteiger partial charge on any atom is -0.481 e. The Morgan fingerprint density at radius 3 is 2.10 bits per heavy atom. The van der Waals surface area contributed by atoms with E-state index in [1.807, 2.05) is 48.8 Å². The maximum atomic E-state index is 13.8. The van der Waals surface area contributed by atoms with Crippen LogP contribution in [0.5, 0.6) is 0 Å². The quantitative estimate of drug-likeness (QED) is 0.158. The summed E-state index contributed by atoms with van der Waals surface area (Å²) in [6, 6.07) is 20.6. The van der Waals surface area contributed by atoms with Gasteiger partial charge in [-0.25, -0.2) is 9.97 Å². The fourth-order valence-corrected chi connectivity index (χ4v) is 8.45. The number of amides is 1. The molecule has 50 heavy (non-hydrogen) atoms. The van der Waals surface area contributed by atoms with Gasteiger partial charge in [0.05, 0.1) is 10.8 Å². The molecular formula is C42H49N3O4S. The van der Waals surface area contributed by atoms with Gasteiger partial charge in [0.25, 0.3) is 0 Å². The van der Waals surface area contributed by atoms with Crippen LogP contribution >= 0.6 is 11.3 Å². The molecule has 1 saturated heterocycles. The molecule has 1 N–H and O–H groups in total. The second kappa shape index (κ2) is 15.4. The van der Waals surface area contributed by atoms with E-state index in [9.17, 15) is 19.5 Å². The van der Waals surface area contributed by atoms with Crippen molar-refractivity contribution in [3.05, 3.63) is 93.9 Å². The van der Waals surface area contributed by atoms with Crippen molar-refractivity contribution in [3.63, 3.8) is 0 Å². The summed E-state index contributed by atoms with van der Waals surface area (Å²) in [6.45, 7) is 9.23. The van der Waals surface area contributed by atoms with Gasteiger partial charge in [-0.3, -0.25) is 14.4 Å². The highest BCUT2D eigenvalue weighted by Crippen LogP contribution is 2.38. The molecule has 1 saturated carbocycles. The van der Waals surface area contributed by atoms with Crippen LogP contribution in [0.2, 0.25) is 0 Å². The van der Waals surface area contributed by atoms with Gasteiger partial charge in [-0.2, -0.15) is 0 Å². The molecule has 1 aliphatic carbocycles. The Kier molecular flexibility index (Phi) is 11.0. The van der Waals surface area contributed by atoms with Crippen molar-refractivity contribution in [2.75, 3.05) is 13.1 Å². The van der Waals surface area contributed by atoms with Crippen LogP contribution in [0.3, 0.4) is 0 Å². The first-order valence-electron chi connectivity index (χ1n) is 18.1. The molecule has 0 unspecified atom stereocenters. The molecule has 2 aromatic carbocycles. The van der Waals surface area contributed by atoms with Gasteiger partial charge in [-0.1, -0.05) is 82.6 Å². The van der Waals surface area contributed by atoms with E-state index in [4.69, 9.17) is 0 Å². The van der Waals surface area contributed by atoms with Crippen molar-refractivity contribution in [2.24, 2.45) is 17.8 Å². The summed E-state index contributed by atoms with van der Waals surface area (Å²) in [7, 11) is 0. The summed E-state index contributed by atoms with van der Waals surface area (Å²) < 4.78 is 0. The third-order valence-corrected chi connectivity index (χ3v) is 12.3. The lowest BCUT2D eigenvalue weighted by Crippen LogP contribution is -2.37. The van der Waals surface area contributed by atoms with E-state index in [2.05, 4.69) is 61.9 Å². The predicted molar refractivity (Wildman–Crippen MR) is 199 cm³/mol. The average molecular weight is 692 g/mol. The highest BCUT2D eigenvalue weighted by Gasteiger charge is 2.35. The summed E-state index contributed by atoms with van der Waals surface area (Å²) in [5.41, 5.74) is 5.24. The van der Waals surface area contributed by atoms with Crippen LogP contribution in [0, 0.1) is 17.8 Å². The maximum absolute atomic E-state index is 13.8. The Morgan fingerprint density at radius 1 is 0.860 bits per heavy atom. The molecule has 4 aromatic rings. The van der Waals surface area contributed by atoms with Crippen molar-refractivity contribution >= 4 is 29.0 Å². The Bertz CT molecular complexity index is 1780. The van der Waals surface area contributed by atoms with Gasteiger partial charge in [0.1, 0.15) is 0 Å². The topological polar surface area (TPSA) is 100 Å². The molecule has 0 bridgehead atoms. The van der Waals surface area contributed by atoms with E-state index in [-0.39, 0.29) is 30.1 Å². The van der Waals surface area contributed by atoms with Crippen LogP contribution in [0.25, 0.3) is 22.5 Å². The second-order valence-corrected chi connectivity index (χ2v) is 16.4. The van der Waals surface area contributed by atoms with Crippen LogP contribution < -0.4 is 0 Å². The molecule has 7 nitrogen and oxygen atoms in total. The molecule has 8 heteroatoms. The number of hydrogen-bond acceptors (Lipinski definition) is 6. The minimum absolute atomic E-state index is 0.0586. The number of benzene rings is 2. The first kappa shape index (κ1) is 35.6. The Hall–Kier alpha value is -4.17. The summed E-state index contributed by atoms with van der Waals surface area (Å²) in [5.74, 6) is -0.0816. The fourth-order valence-electron chi connectivity index (χ4n) is 7.43. The molecule has 2 aliphatic rings. The molecule has 2 atom stereocenters. The number of carbonyl (C=O) groups is 3. The number of likely N-dealkylation sites (tertiary alicyclic amines) is 1. The van der Waals surface area contributed by atoms with Crippen LogP contribution in [0.4, 0.5) is 0 Å². The van der Waals surface area contributed by atoms with Gasteiger partial charge in [0, 0.05) is 53.8 Å². The summed E-state index contributed by atoms with van der Waals surface area (Å²) in [6.07, 6.45) is 11.1. The van der Waals surface area contributed by atoms with E-state index in [1.54, 1.807) is 4.90 Å². The molecular weight excluding hydrogens is 643 g/mol. The van der Waals surface area contributed by atoms with Gasteiger partial charge in [0.15, 0.2) is 11.6 Å². The lowest BCUT2D eigenvalue weighted by atomic mass is 9.78. The number of thiophene rings is 1. The molecule has 6 rings (SSSR count). The third-order valence-electron chi connectivity index (χ3n) is 10.7. The molecule has 0 spiro atoms. The second-order valence-electron chi connectivity index (χ2n) is 15.3. The molecule has 3 heterocycles. The number of ketones is 1. The largest absolute Gasteiger partial charge is 0.481 e. The first-order valence-corrected chi connectivity index (χ1v) is 19.0. The monoisotopic (exact) mass is 691 g/mol. The SMILES string of the molecule is CCC1CCC(c2ccc(-c3cnc(-c4ccc(C[C@H](CC(=O)c5ccc(C(C)(C)C)s5)C(=O)N5CC[C@H](C(=O)O)C5)cc4)nc3)cc2)CC1. The highest BCUT2D eigenvalue weighted by atomic mass is 32.1. The van der Waals surface area contributed by atoms with Crippen LogP contribution in [0.1, 0.15) is 104 Å². The van der Waals surface area contributed by atoms with Gasteiger partial charge in [0.2, 0.25) is 5.91 Å². The summed E-state index contributed by atoms with van der Waals surface area (Å²) >= 11 is 1.48. The smallest absolute Gasteiger partial charge is 0.308 e. The van der Waals surface area contributed by atoms with Crippen molar-refractivity contribution in [1.29, 1.82) is 0 Å². The number of rotatable bonds is 11. The van der Waals surface area contributed by atoms with Crippen molar-refractivity contribution < 1.29 is 19.5 Å². The number of Topliss-reactive ketones (excluding diaryl/α,β-unsaturated/α-hetero) is 1. The molecule has 262 valence electrons. The Morgan fingerprint density at radius 2 is 1.52 bits per heavy atom. The van der Waals surface area contributed by atoms with E-state index in [0.717, 1.165) is 33.0 Å². The highest BCUT2D eigenvalue weighted by molar-refractivity contribution is 7.14. The zero-order valence-electron chi connectivity index (χ0n) is 29.7. The van der Waals surface area contributed by atoms with Crippen molar-refractivity contribution in [3.8, 4) is 22.5 Å². The van der Waals surface area contributed by atoms with Crippen LogP contribution in [0.15, 0.2) is 73.1 Å². The van der Waals surface area contributed by atoms with E-state index in [0.29, 0.717) is 36.0 Å². The standard InChI is InChI=1S/C42H49N3O4S/c1-5-27-6-10-29(11-7-27)30-14-16-31(17-15-30)35-24-43-39(44-25-35)32-12-8-28(9-13-32)22-34(40(47)45-21-20-33(26-45)41(48)49)23-36(46)37-18-19-38(50-37)42(2,3)4/h8-9,12-19,24-25,27,29,33-34H,5-7,10-11,20-23,26H2,1-4H3,(H,48,49)/t27?,29?,33-,34+/m0/s1. The minimum atomic E-state index is -0.885. The molecule has 1 amide bonds. The molecule has 0 radical (unpaired) electrons. The lowest BCUT2D eigenvalue weighted by Gasteiger charge is -2.28. The fraction of sp³-hybridized carbons (Fsp3) is 0.452. The zero-order chi connectivity index (χ0) is 35.4. The van der Waals surface area contributed by atoms with Crippen LogP contribution in [-0.2, 0) is 21.4 Å². The number of carboxylic acid groups (broad SMARTS) is 1. The third kappa shape index (κ3) is 8.40. The first-order chi connectivity index (χ1) is 24.0. The van der Waals surface area contributed by atoms with Gasteiger partial charge < -0.3 is 10.0 Å². The number of carbonyl (C=O) groups excluding carboxylic acids is 2. The Labute approximate surface area is 300 Å². The van der Waals surface area contributed by atoms with Gasteiger partial charge >= 0.3 is 5.97 Å². The van der Waals surface area contributed by atoms with Crippen molar-refractivity contribution in [1.82, 2.24) is 14.9 Å². The molecule has 2 fully saturated rings. The number of nitrogens with zero attached hydrogens (tertiary/aromatic N) is 3. The molecule has 1 aliphatic heterocycles. The molecule has 2 aromatic heterocycles.